The van der Waals surface area contributed by atoms with Crippen LogP contribution in [0, 0.1) is 3.57 Å². The van der Waals surface area contributed by atoms with Crippen molar-refractivity contribution in [3.63, 3.8) is 0 Å². The molecule has 1 saturated heterocycles. The number of nitrogens with one attached hydrogen (secondary N) is 1. The number of hydrogen-bond acceptors (Lipinski definition) is 5. The van der Waals surface area contributed by atoms with Crippen molar-refractivity contribution < 1.29 is 18.0 Å². The summed E-state index contributed by atoms with van der Waals surface area (Å²) in [4.78, 5) is 26.1. The molecule has 0 bridgehead atoms. The van der Waals surface area contributed by atoms with Crippen molar-refractivity contribution in [3.05, 3.63) is 57.7 Å². The van der Waals surface area contributed by atoms with Crippen molar-refractivity contribution in [2.24, 2.45) is 5.14 Å². The van der Waals surface area contributed by atoms with Crippen LogP contribution in [0.15, 0.2) is 53.4 Å². The third-order valence-electron chi connectivity index (χ3n) is 4.29. The molecule has 1 heterocycles. The summed E-state index contributed by atoms with van der Waals surface area (Å²) in [5.74, 6) is -0.484. The first-order valence-corrected chi connectivity index (χ1v) is 10.9. The van der Waals surface area contributed by atoms with E-state index in [1.165, 1.54) is 17.0 Å². The van der Waals surface area contributed by atoms with Crippen LogP contribution in [0.3, 0.4) is 0 Å². The van der Waals surface area contributed by atoms with Crippen molar-refractivity contribution in [1.82, 2.24) is 5.32 Å². The Hall–Kier alpha value is -1.82. The van der Waals surface area contributed by atoms with Crippen LogP contribution in [0.5, 0.6) is 0 Å². The van der Waals surface area contributed by atoms with Crippen LogP contribution in [0.25, 0.3) is 0 Å². The van der Waals surface area contributed by atoms with Gasteiger partial charge >= 0.3 is 0 Å². The average Bonchev–Trinajstić information content (AvgIpc) is 2.89. The van der Waals surface area contributed by atoms with Gasteiger partial charge in [0, 0.05) is 3.57 Å². The number of nitrogens with two attached hydrogens (primary N) is 1. The van der Waals surface area contributed by atoms with E-state index < -0.39 is 16.1 Å². The maximum atomic E-state index is 12.6. The first-order chi connectivity index (χ1) is 12.8. The topological polar surface area (TPSA) is 110 Å². The highest BCUT2D eigenvalue weighted by atomic mass is 127. The lowest BCUT2D eigenvalue weighted by atomic mass is 10.1. The Morgan fingerprint density at radius 3 is 2.30 bits per heavy atom. The largest absolute Gasteiger partial charge is 0.305 e. The Morgan fingerprint density at radius 1 is 1.07 bits per heavy atom. The van der Waals surface area contributed by atoms with Crippen LogP contribution in [0.1, 0.15) is 12.0 Å². The molecule has 0 saturated carbocycles. The van der Waals surface area contributed by atoms with Gasteiger partial charge in [-0.05, 0) is 77.5 Å². The molecule has 142 valence electrons. The number of amides is 2. The normalized spacial score (nSPS) is 17.6. The van der Waals surface area contributed by atoms with Crippen LogP contribution < -0.4 is 15.4 Å². The van der Waals surface area contributed by atoms with E-state index >= 15 is 0 Å². The molecular formula is C18H18IN3O4S. The number of anilines is 1. The van der Waals surface area contributed by atoms with Crippen molar-refractivity contribution >= 4 is 50.1 Å². The fourth-order valence-corrected chi connectivity index (χ4v) is 3.76. The molecular weight excluding hydrogens is 481 g/mol. The van der Waals surface area contributed by atoms with E-state index in [2.05, 4.69) is 27.9 Å². The molecule has 1 aliphatic heterocycles. The minimum Gasteiger partial charge on any atom is -0.305 e. The van der Waals surface area contributed by atoms with E-state index in [0.717, 1.165) is 9.13 Å². The van der Waals surface area contributed by atoms with Gasteiger partial charge in [-0.1, -0.05) is 12.1 Å². The van der Waals surface area contributed by atoms with Crippen molar-refractivity contribution in [3.8, 4) is 0 Å². The summed E-state index contributed by atoms with van der Waals surface area (Å²) in [6.07, 6.45) is 0.710. The van der Waals surface area contributed by atoms with Gasteiger partial charge < -0.3 is 5.32 Å². The van der Waals surface area contributed by atoms with Crippen LogP contribution in [-0.4, -0.2) is 32.8 Å². The molecule has 7 nitrogen and oxygen atoms in total. The SMILES string of the molecule is NS(=O)(=O)c1ccc(CCNC2CC(=O)N(c3ccc(I)cc3)C2=O)cc1. The highest BCUT2D eigenvalue weighted by molar-refractivity contribution is 14.1. The maximum absolute atomic E-state index is 12.6. The number of carbonyl (C=O) groups excluding carboxylic acids is 2. The monoisotopic (exact) mass is 499 g/mol. The molecule has 1 unspecified atom stereocenters. The Kier molecular flexibility index (Phi) is 5.94. The fraction of sp³-hybridized carbons (Fsp3) is 0.222. The molecule has 0 spiro atoms. The predicted molar refractivity (Wildman–Crippen MR) is 110 cm³/mol. The van der Waals surface area contributed by atoms with Crippen molar-refractivity contribution in [2.45, 2.75) is 23.8 Å². The first kappa shape index (κ1) is 19.9. The van der Waals surface area contributed by atoms with Gasteiger partial charge in [0.05, 0.1) is 23.0 Å². The zero-order valence-electron chi connectivity index (χ0n) is 14.3. The number of primary sulfonamides is 1. The number of carbonyl (C=O) groups is 2. The second-order valence-corrected chi connectivity index (χ2v) is 9.00. The molecule has 1 aliphatic rings. The molecule has 3 N–H and O–H groups in total. The number of nitrogens with zero attached hydrogens (tertiary/aromatic N) is 1. The van der Waals surface area contributed by atoms with Gasteiger partial charge in [-0.25, -0.2) is 18.5 Å². The van der Waals surface area contributed by atoms with Crippen LogP contribution in [-0.2, 0) is 26.0 Å². The van der Waals surface area contributed by atoms with Crippen LogP contribution in [0.2, 0.25) is 0 Å². The zero-order chi connectivity index (χ0) is 19.6. The second-order valence-electron chi connectivity index (χ2n) is 6.19. The highest BCUT2D eigenvalue weighted by Crippen LogP contribution is 2.23. The maximum Gasteiger partial charge on any atom is 0.251 e. The molecule has 0 aliphatic carbocycles. The lowest BCUT2D eigenvalue weighted by Gasteiger charge is -2.15. The summed E-state index contributed by atoms with van der Waals surface area (Å²) in [5, 5.41) is 8.18. The van der Waals surface area contributed by atoms with Crippen molar-refractivity contribution in [1.29, 1.82) is 0 Å². The number of hydrogen-bond donors (Lipinski definition) is 2. The Morgan fingerprint density at radius 2 is 1.70 bits per heavy atom. The molecule has 1 atom stereocenters. The molecule has 2 aromatic carbocycles. The number of halogens is 1. The Balaban J connectivity index is 1.58. The van der Waals surface area contributed by atoms with Gasteiger partial charge in [-0.3, -0.25) is 9.59 Å². The molecule has 2 aromatic rings. The van der Waals surface area contributed by atoms with Gasteiger partial charge in [0.2, 0.25) is 15.9 Å². The smallest absolute Gasteiger partial charge is 0.251 e. The predicted octanol–water partition coefficient (Wildman–Crippen LogP) is 1.40. The van der Waals surface area contributed by atoms with Gasteiger partial charge in [0.1, 0.15) is 0 Å². The molecule has 2 amide bonds. The van der Waals surface area contributed by atoms with E-state index in [0.29, 0.717) is 18.7 Å². The lowest BCUT2D eigenvalue weighted by Crippen LogP contribution is -2.39. The van der Waals surface area contributed by atoms with E-state index in [-0.39, 0.29) is 23.1 Å². The van der Waals surface area contributed by atoms with E-state index in [1.807, 2.05) is 12.1 Å². The number of sulfonamides is 1. The van der Waals surface area contributed by atoms with E-state index in [9.17, 15) is 18.0 Å². The summed E-state index contributed by atoms with van der Waals surface area (Å²) in [7, 11) is -3.71. The highest BCUT2D eigenvalue weighted by Gasteiger charge is 2.39. The fourth-order valence-electron chi connectivity index (χ4n) is 2.89. The number of imide groups is 1. The second kappa shape index (κ2) is 8.05. The van der Waals surface area contributed by atoms with E-state index in [4.69, 9.17) is 5.14 Å². The third-order valence-corrected chi connectivity index (χ3v) is 5.94. The Bertz CT molecular complexity index is 959. The minimum absolute atomic E-state index is 0.0592. The molecule has 1 fully saturated rings. The average molecular weight is 499 g/mol. The standard InChI is InChI=1S/C18H18IN3O4S/c19-13-3-5-14(6-4-13)22-17(23)11-16(18(22)24)21-10-9-12-1-7-15(8-2-12)27(20,25)26/h1-8,16,21H,9-11H2,(H2,20,25,26). The first-order valence-electron chi connectivity index (χ1n) is 8.23. The molecule has 0 radical (unpaired) electrons. The summed E-state index contributed by atoms with van der Waals surface area (Å²) in [5.41, 5.74) is 1.48. The number of rotatable bonds is 6. The summed E-state index contributed by atoms with van der Waals surface area (Å²) >= 11 is 2.16. The van der Waals surface area contributed by atoms with Crippen molar-refractivity contribution in [2.75, 3.05) is 11.4 Å². The van der Waals surface area contributed by atoms with Gasteiger partial charge in [-0.2, -0.15) is 0 Å². The summed E-state index contributed by atoms with van der Waals surface area (Å²) in [6, 6.07) is 12.9. The summed E-state index contributed by atoms with van der Waals surface area (Å²) in [6.45, 7) is 0.485. The van der Waals surface area contributed by atoms with E-state index in [1.54, 1.807) is 24.3 Å². The molecule has 27 heavy (non-hydrogen) atoms. The van der Waals surface area contributed by atoms with Crippen LogP contribution in [0.4, 0.5) is 5.69 Å². The summed E-state index contributed by atoms with van der Waals surface area (Å²) < 4.78 is 23.5. The third kappa shape index (κ3) is 4.72. The van der Waals surface area contributed by atoms with Gasteiger partial charge in [0.15, 0.2) is 0 Å². The minimum atomic E-state index is -3.71. The lowest BCUT2D eigenvalue weighted by molar-refractivity contribution is -0.121. The zero-order valence-corrected chi connectivity index (χ0v) is 17.2. The van der Waals surface area contributed by atoms with Crippen LogP contribution >= 0.6 is 22.6 Å². The molecule has 0 aromatic heterocycles. The van der Waals surface area contributed by atoms with Gasteiger partial charge in [0.25, 0.3) is 5.91 Å². The van der Waals surface area contributed by atoms with Gasteiger partial charge in [-0.15, -0.1) is 0 Å². The molecule has 9 heteroatoms. The Labute approximate surface area is 171 Å². The molecule has 3 rings (SSSR count). The quantitative estimate of drug-likeness (QED) is 0.462. The number of benzene rings is 2.